The Hall–Kier alpha value is -1.31. The summed E-state index contributed by atoms with van der Waals surface area (Å²) >= 11 is 5.98. The van der Waals surface area contributed by atoms with E-state index in [1.807, 2.05) is 0 Å². The summed E-state index contributed by atoms with van der Waals surface area (Å²) < 4.78 is 31.8. The van der Waals surface area contributed by atoms with Crippen LogP contribution < -0.4 is 14.8 Å². The van der Waals surface area contributed by atoms with Crippen molar-refractivity contribution in [3.8, 4) is 5.75 Å². The van der Waals surface area contributed by atoms with Crippen LogP contribution in [0.15, 0.2) is 18.2 Å². The molecule has 0 aliphatic heterocycles. The zero-order valence-corrected chi connectivity index (χ0v) is 16.3. The van der Waals surface area contributed by atoms with Crippen LogP contribution in [0.25, 0.3) is 0 Å². The Labute approximate surface area is 154 Å². The number of rotatable bonds is 6. The fraction of sp³-hybridized carbons (Fsp3) is 0.588. The van der Waals surface area contributed by atoms with Crippen molar-refractivity contribution in [3.05, 3.63) is 23.2 Å². The van der Waals surface area contributed by atoms with Crippen LogP contribution in [0, 0.1) is 5.92 Å². The molecular formula is C17H25ClN2O4S. The average Bonchev–Trinajstić information content (AvgIpc) is 2.55. The van der Waals surface area contributed by atoms with Gasteiger partial charge in [-0.05, 0) is 57.7 Å². The standard InChI is InChI=1S/C17H25ClN2O4S/c1-11(2)25(22,23)20-14-7-4-12(5-8-14)17(21)19-15-10-13(18)6-9-16(15)24-3/h6,9-12,14,20H,4-5,7-8H2,1-3H3,(H,19,21)/t12-,14-. The molecule has 6 nitrogen and oxygen atoms in total. The van der Waals surface area contributed by atoms with E-state index in [-0.39, 0.29) is 17.9 Å². The predicted octanol–water partition coefficient (Wildman–Crippen LogP) is 3.17. The maximum Gasteiger partial charge on any atom is 0.227 e. The lowest BCUT2D eigenvalue weighted by Crippen LogP contribution is -2.42. The van der Waals surface area contributed by atoms with Gasteiger partial charge < -0.3 is 10.1 Å². The average molecular weight is 389 g/mol. The molecule has 1 fully saturated rings. The molecule has 0 aromatic heterocycles. The minimum absolute atomic E-state index is 0.0919. The Morgan fingerprint density at radius 1 is 1.24 bits per heavy atom. The fourth-order valence-electron chi connectivity index (χ4n) is 2.85. The summed E-state index contributed by atoms with van der Waals surface area (Å²) in [5.74, 6) is 0.311. The smallest absolute Gasteiger partial charge is 0.227 e. The highest BCUT2D eigenvalue weighted by Gasteiger charge is 2.29. The number of halogens is 1. The van der Waals surface area contributed by atoms with Crippen LogP contribution in [-0.4, -0.2) is 32.7 Å². The van der Waals surface area contributed by atoms with Gasteiger partial charge in [0.1, 0.15) is 5.75 Å². The van der Waals surface area contributed by atoms with Crippen molar-refractivity contribution in [1.82, 2.24) is 4.72 Å². The Balaban J connectivity index is 1.93. The van der Waals surface area contributed by atoms with Gasteiger partial charge in [0, 0.05) is 17.0 Å². The molecule has 1 amide bonds. The minimum atomic E-state index is -3.28. The molecule has 1 aliphatic carbocycles. The minimum Gasteiger partial charge on any atom is -0.495 e. The number of nitrogens with one attached hydrogen (secondary N) is 2. The molecule has 8 heteroatoms. The van der Waals surface area contributed by atoms with Crippen LogP contribution in [0.1, 0.15) is 39.5 Å². The molecule has 1 aromatic carbocycles. The van der Waals surface area contributed by atoms with E-state index in [1.165, 1.54) is 7.11 Å². The van der Waals surface area contributed by atoms with Crippen molar-refractivity contribution < 1.29 is 17.9 Å². The van der Waals surface area contributed by atoms with Crippen LogP contribution in [0.5, 0.6) is 5.75 Å². The van der Waals surface area contributed by atoms with Crippen LogP contribution >= 0.6 is 11.6 Å². The first kappa shape index (κ1) is 20.0. The number of sulfonamides is 1. The zero-order valence-electron chi connectivity index (χ0n) is 14.7. The number of anilines is 1. The molecule has 0 saturated heterocycles. The summed E-state index contributed by atoms with van der Waals surface area (Å²) in [6, 6.07) is 4.95. The number of methoxy groups -OCH3 is 1. The quantitative estimate of drug-likeness (QED) is 0.783. The molecule has 0 heterocycles. The van der Waals surface area contributed by atoms with Crippen molar-refractivity contribution in [3.63, 3.8) is 0 Å². The van der Waals surface area contributed by atoms with Crippen molar-refractivity contribution in [1.29, 1.82) is 0 Å². The Bertz CT molecular complexity index is 713. The molecule has 1 saturated carbocycles. The maximum absolute atomic E-state index is 12.5. The van der Waals surface area contributed by atoms with Gasteiger partial charge >= 0.3 is 0 Å². The lowest BCUT2D eigenvalue weighted by Gasteiger charge is -2.29. The number of ether oxygens (including phenoxy) is 1. The highest BCUT2D eigenvalue weighted by molar-refractivity contribution is 7.90. The first-order valence-electron chi connectivity index (χ1n) is 8.38. The summed E-state index contributed by atoms with van der Waals surface area (Å²) in [5, 5.41) is 2.93. The van der Waals surface area contributed by atoms with Gasteiger partial charge in [-0.1, -0.05) is 11.6 Å². The third-order valence-electron chi connectivity index (χ3n) is 4.47. The van der Waals surface area contributed by atoms with Gasteiger partial charge in [-0.2, -0.15) is 0 Å². The molecule has 0 unspecified atom stereocenters. The number of carbonyl (C=O) groups excluding carboxylic acids is 1. The van der Waals surface area contributed by atoms with E-state index < -0.39 is 15.3 Å². The van der Waals surface area contributed by atoms with Crippen molar-refractivity contribution in [2.24, 2.45) is 5.92 Å². The van der Waals surface area contributed by atoms with E-state index >= 15 is 0 Å². The number of carbonyl (C=O) groups is 1. The first-order chi connectivity index (χ1) is 11.7. The lowest BCUT2D eigenvalue weighted by atomic mass is 9.86. The second kappa shape index (κ2) is 8.38. The first-order valence-corrected chi connectivity index (χ1v) is 10.3. The number of hydrogen-bond acceptors (Lipinski definition) is 4. The summed E-state index contributed by atoms with van der Waals surface area (Å²) in [6.07, 6.45) is 2.58. The molecule has 1 aliphatic rings. The molecule has 2 N–H and O–H groups in total. The molecule has 0 radical (unpaired) electrons. The summed E-state index contributed by atoms with van der Waals surface area (Å²) in [7, 11) is -1.75. The Morgan fingerprint density at radius 2 is 1.88 bits per heavy atom. The summed E-state index contributed by atoms with van der Waals surface area (Å²) in [5.41, 5.74) is 0.544. The van der Waals surface area contributed by atoms with Gasteiger partial charge in [0.15, 0.2) is 0 Å². The van der Waals surface area contributed by atoms with Crippen molar-refractivity contribution in [2.45, 2.75) is 50.8 Å². The second-order valence-corrected chi connectivity index (χ2v) is 9.30. The third-order valence-corrected chi connectivity index (χ3v) is 6.61. The van der Waals surface area contributed by atoms with E-state index in [2.05, 4.69) is 10.0 Å². The van der Waals surface area contributed by atoms with Crippen LogP contribution in [0.4, 0.5) is 5.69 Å². The van der Waals surface area contributed by atoms with Gasteiger partial charge in [-0.25, -0.2) is 13.1 Å². The molecule has 140 valence electrons. The number of amides is 1. The lowest BCUT2D eigenvalue weighted by molar-refractivity contribution is -0.120. The van der Waals surface area contributed by atoms with Crippen molar-refractivity contribution in [2.75, 3.05) is 12.4 Å². The molecule has 0 atom stereocenters. The molecule has 0 spiro atoms. The summed E-state index contributed by atoms with van der Waals surface area (Å²) in [6.45, 7) is 3.31. The van der Waals surface area contributed by atoms with Crippen LogP contribution in [0.2, 0.25) is 5.02 Å². The van der Waals surface area contributed by atoms with Gasteiger partial charge in [0.2, 0.25) is 15.9 Å². The highest BCUT2D eigenvalue weighted by Crippen LogP contribution is 2.30. The van der Waals surface area contributed by atoms with E-state index in [0.717, 1.165) is 0 Å². The van der Waals surface area contributed by atoms with Gasteiger partial charge in [-0.3, -0.25) is 4.79 Å². The normalized spacial score (nSPS) is 21.2. The topological polar surface area (TPSA) is 84.5 Å². The molecular weight excluding hydrogens is 364 g/mol. The molecule has 2 rings (SSSR count). The van der Waals surface area contributed by atoms with E-state index in [0.29, 0.717) is 42.1 Å². The molecule has 0 bridgehead atoms. The monoisotopic (exact) mass is 388 g/mol. The fourth-order valence-corrected chi connectivity index (χ4v) is 4.00. The Morgan fingerprint density at radius 3 is 2.44 bits per heavy atom. The largest absolute Gasteiger partial charge is 0.495 e. The highest BCUT2D eigenvalue weighted by atomic mass is 35.5. The van der Waals surface area contributed by atoms with Crippen LogP contribution in [0.3, 0.4) is 0 Å². The molecule has 25 heavy (non-hydrogen) atoms. The predicted molar refractivity (Wildman–Crippen MR) is 99.6 cm³/mol. The van der Waals surface area contributed by atoms with Crippen LogP contribution in [-0.2, 0) is 14.8 Å². The van der Waals surface area contributed by atoms with Gasteiger partial charge in [0.25, 0.3) is 0 Å². The van der Waals surface area contributed by atoms with E-state index in [4.69, 9.17) is 16.3 Å². The SMILES string of the molecule is COc1ccc(Cl)cc1NC(=O)[C@H]1CC[C@H](NS(=O)(=O)C(C)C)CC1. The van der Waals surface area contributed by atoms with Gasteiger partial charge in [0.05, 0.1) is 18.0 Å². The number of hydrogen-bond donors (Lipinski definition) is 2. The molecule has 1 aromatic rings. The van der Waals surface area contributed by atoms with E-state index in [1.54, 1.807) is 32.0 Å². The van der Waals surface area contributed by atoms with E-state index in [9.17, 15) is 13.2 Å². The van der Waals surface area contributed by atoms with Crippen molar-refractivity contribution >= 4 is 33.2 Å². The van der Waals surface area contributed by atoms with Gasteiger partial charge in [-0.15, -0.1) is 0 Å². The maximum atomic E-state index is 12.5. The Kier molecular flexibility index (Phi) is 6.71. The number of benzene rings is 1. The third kappa shape index (κ3) is 5.33. The second-order valence-electron chi connectivity index (χ2n) is 6.59. The summed E-state index contributed by atoms with van der Waals surface area (Å²) in [4.78, 5) is 12.5. The zero-order chi connectivity index (χ0) is 18.6.